The summed E-state index contributed by atoms with van der Waals surface area (Å²) < 4.78 is 10.7. The van der Waals surface area contributed by atoms with E-state index in [1.54, 1.807) is 18.4 Å². The number of amides is 1. The van der Waals surface area contributed by atoms with Gasteiger partial charge in [-0.2, -0.15) is 11.8 Å². The van der Waals surface area contributed by atoms with E-state index in [0.29, 0.717) is 5.76 Å². The van der Waals surface area contributed by atoms with Crippen molar-refractivity contribution in [1.82, 2.24) is 9.80 Å². The van der Waals surface area contributed by atoms with Crippen molar-refractivity contribution in [3.8, 4) is 0 Å². The topological polar surface area (TPSA) is 45.9 Å². The molecule has 0 bridgehead atoms. The Morgan fingerprint density at radius 1 is 1.33 bits per heavy atom. The third-order valence-corrected chi connectivity index (χ3v) is 5.20. The molecule has 2 fully saturated rings. The normalized spacial score (nSPS) is 24.8. The number of hydrogen-bond acceptors (Lipinski definition) is 5. The number of furan rings is 1. The first-order valence-electron chi connectivity index (χ1n) is 7.57. The summed E-state index contributed by atoms with van der Waals surface area (Å²) in [6, 6.07) is 3.79. The second kappa shape index (κ2) is 7.33. The number of rotatable bonds is 3. The summed E-state index contributed by atoms with van der Waals surface area (Å²) in [5.74, 6) is 2.61. The first-order valence-corrected chi connectivity index (χ1v) is 8.72. The van der Waals surface area contributed by atoms with Crippen LogP contribution in [0.5, 0.6) is 0 Å². The maximum Gasteiger partial charge on any atom is 0.289 e. The fourth-order valence-corrected chi connectivity index (χ4v) is 3.93. The Morgan fingerprint density at radius 2 is 2.19 bits per heavy atom. The van der Waals surface area contributed by atoms with Gasteiger partial charge in [-0.15, -0.1) is 0 Å². The zero-order valence-corrected chi connectivity index (χ0v) is 13.0. The third-order valence-electron chi connectivity index (χ3n) is 4.00. The Kier molecular flexibility index (Phi) is 5.22. The quantitative estimate of drug-likeness (QED) is 0.848. The van der Waals surface area contributed by atoms with Crippen LogP contribution < -0.4 is 0 Å². The molecule has 0 N–H and O–H groups in total. The number of ether oxygens (including phenoxy) is 1. The molecule has 3 heterocycles. The minimum absolute atomic E-state index is 0.0285. The monoisotopic (exact) mass is 310 g/mol. The molecule has 6 heteroatoms. The van der Waals surface area contributed by atoms with Gasteiger partial charge in [0, 0.05) is 31.9 Å². The molecule has 2 aliphatic heterocycles. The lowest BCUT2D eigenvalue weighted by atomic mass is 10.2. The minimum atomic E-state index is 0.0285. The van der Waals surface area contributed by atoms with Crippen LogP contribution in [0.3, 0.4) is 0 Å². The van der Waals surface area contributed by atoms with Crippen LogP contribution >= 0.6 is 11.8 Å². The second-order valence-corrected chi connectivity index (χ2v) is 6.62. The summed E-state index contributed by atoms with van der Waals surface area (Å²) in [5.41, 5.74) is 0. The maximum atomic E-state index is 12.6. The first-order chi connectivity index (χ1) is 10.3. The van der Waals surface area contributed by atoms with Gasteiger partial charge in [0.2, 0.25) is 0 Å². The largest absolute Gasteiger partial charge is 0.459 e. The van der Waals surface area contributed by atoms with E-state index in [4.69, 9.17) is 9.15 Å². The third kappa shape index (κ3) is 3.81. The van der Waals surface area contributed by atoms with Crippen LogP contribution in [0, 0.1) is 0 Å². The van der Waals surface area contributed by atoms with E-state index in [1.165, 1.54) is 0 Å². The molecule has 21 heavy (non-hydrogen) atoms. The fourth-order valence-electron chi connectivity index (χ4n) is 2.87. The number of thioether (sulfide) groups is 1. The SMILES string of the molecule is O=C(c1ccco1)N1CCCSCC1CN1CCOCC1. The fraction of sp³-hybridized carbons (Fsp3) is 0.667. The highest BCUT2D eigenvalue weighted by Crippen LogP contribution is 2.20. The van der Waals surface area contributed by atoms with Crippen LogP contribution in [-0.4, -0.2) is 72.6 Å². The molecule has 2 saturated heterocycles. The lowest BCUT2D eigenvalue weighted by Gasteiger charge is -2.35. The van der Waals surface area contributed by atoms with Crippen molar-refractivity contribution in [3.63, 3.8) is 0 Å². The van der Waals surface area contributed by atoms with E-state index in [-0.39, 0.29) is 11.9 Å². The van der Waals surface area contributed by atoms with Gasteiger partial charge < -0.3 is 14.1 Å². The second-order valence-electron chi connectivity index (χ2n) is 5.47. The molecule has 1 aromatic rings. The highest BCUT2D eigenvalue weighted by atomic mass is 32.2. The van der Waals surface area contributed by atoms with E-state index in [0.717, 1.165) is 57.3 Å². The molecule has 0 radical (unpaired) electrons. The summed E-state index contributed by atoms with van der Waals surface area (Å²) in [4.78, 5) is 17.1. The van der Waals surface area contributed by atoms with Gasteiger partial charge in [-0.25, -0.2) is 0 Å². The van der Waals surface area contributed by atoms with Crippen LogP contribution in [-0.2, 0) is 4.74 Å². The van der Waals surface area contributed by atoms with Gasteiger partial charge in [-0.1, -0.05) is 0 Å². The van der Waals surface area contributed by atoms with Crippen molar-refractivity contribution in [3.05, 3.63) is 24.2 Å². The molecule has 0 aromatic carbocycles. The number of carbonyl (C=O) groups is 1. The average molecular weight is 310 g/mol. The van der Waals surface area contributed by atoms with Crippen molar-refractivity contribution < 1.29 is 13.9 Å². The van der Waals surface area contributed by atoms with Crippen LogP contribution in [0.4, 0.5) is 0 Å². The lowest BCUT2D eigenvalue weighted by Crippen LogP contribution is -2.50. The highest BCUT2D eigenvalue weighted by molar-refractivity contribution is 7.99. The lowest BCUT2D eigenvalue weighted by molar-refractivity contribution is 0.0239. The van der Waals surface area contributed by atoms with Gasteiger partial charge in [-0.3, -0.25) is 9.69 Å². The predicted molar refractivity (Wildman–Crippen MR) is 82.7 cm³/mol. The number of nitrogens with zero attached hydrogens (tertiary/aromatic N) is 2. The molecular formula is C15H22N2O3S. The summed E-state index contributed by atoms with van der Waals surface area (Å²) in [6.07, 6.45) is 2.62. The molecule has 0 spiro atoms. The molecule has 0 saturated carbocycles. The zero-order chi connectivity index (χ0) is 14.5. The van der Waals surface area contributed by atoms with Gasteiger partial charge in [0.1, 0.15) is 0 Å². The molecular weight excluding hydrogens is 288 g/mol. The molecule has 0 aliphatic carbocycles. The van der Waals surface area contributed by atoms with Crippen molar-refractivity contribution in [1.29, 1.82) is 0 Å². The van der Waals surface area contributed by atoms with Crippen LogP contribution in [0.2, 0.25) is 0 Å². The Hall–Kier alpha value is -0.980. The smallest absolute Gasteiger partial charge is 0.289 e. The van der Waals surface area contributed by atoms with E-state index in [1.807, 2.05) is 16.7 Å². The molecule has 1 unspecified atom stereocenters. The molecule has 1 atom stereocenters. The minimum Gasteiger partial charge on any atom is -0.459 e. The Morgan fingerprint density at radius 3 is 2.95 bits per heavy atom. The summed E-state index contributed by atoms with van der Waals surface area (Å²) >= 11 is 1.95. The number of hydrogen-bond donors (Lipinski definition) is 0. The average Bonchev–Trinajstić information content (AvgIpc) is 2.96. The van der Waals surface area contributed by atoms with Gasteiger partial charge in [-0.05, 0) is 24.3 Å². The van der Waals surface area contributed by atoms with Gasteiger partial charge in [0.15, 0.2) is 5.76 Å². The molecule has 2 aliphatic rings. The Bertz CT molecular complexity index is 446. The van der Waals surface area contributed by atoms with E-state index < -0.39 is 0 Å². The van der Waals surface area contributed by atoms with Crippen LogP contribution in [0.15, 0.2) is 22.8 Å². The first kappa shape index (κ1) is 14.9. The van der Waals surface area contributed by atoms with Gasteiger partial charge in [0.05, 0.1) is 25.5 Å². The van der Waals surface area contributed by atoms with Gasteiger partial charge in [0.25, 0.3) is 5.91 Å². The van der Waals surface area contributed by atoms with Crippen LogP contribution in [0.1, 0.15) is 17.0 Å². The van der Waals surface area contributed by atoms with Crippen molar-refractivity contribution in [2.75, 3.05) is 50.9 Å². The summed E-state index contributed by atoms with van der Waals surface area (Å²) in [7, 11) is 0. The van der Waals surface area contributed by atoms with Crippen molar-refractivity contribution in [2.45, 2.75) is 12.5 Å². The van der Waals surface area contributed by atoms with E-state index in [2.05, 4.69) is 4.90 Å². The Balaban J connectivity index is 1.69. The number of carbonyl (C=O) groups excluding carboxylic acids is 1. The van der Waals surface area contributed by atoms with E-state index in [9.17, 15) is 4.79 Å². The maximum absolute atomic E-state index is 12.6. The van der Waals surface area contributed by atoms with E-state index >= 15 is 0 Å². The summed E-state index contributed by atoms with van der Waals surface area (Å²) in [5, 5.41) is 0. The molecule has 3 rings (SSSR count). The predicted octanol–water partition coefficient (Wildman–Crippen LogP) is 1.56. The Labute approximate surface area is 129 Å². The molecule has 1 amide bonds. The summed E-state index contributed by atoms with van der Waals surface area (Å²) in [6.45, 7) is 5.27. The molecule has 1 aromatic heterocycles. The zero-order valence-electron chi connectivity index (χ0n) is 12.2. The van der Waals surface area contributed by atoms with Crippen molar-refractivity contribution >= 4 is 17.7 Å². The molecule has 116 valence electrons. The molecule has 5 nitrogen and oxygen atoms in total. The standard InChI is InChI=1S/C15H22N2O3S/c18-15(14-3-1-7-20-14)17-4-2-10-21-12-13(17)11-16-5-8-19-9-6-16/h1,3,7,13H,2,4-6,8-12H2. The number of morpholine rings is 1. The van der Waals surface area contributed by atoms with Gasteiger partial charge >= 0.3 is 0 Å². The van der Waals surface area contributed by atoms with Crippen LogP contribution in [0.25, 0.3) is 0 Å². The van der Waals surface area contributed by atoms with Crippen molar-refractivity contribution in [2.24, 2.45) is 0 Å². The highest BCUT2D eigenvalue weighted by Gasteiger charge is 2.29.